The lowest BCUT2D eigenvalue weighted by Gasteiger charge is -2.32. The van der Waals surface area contributed by atoms with Crippen molar-refractivity contribution in [1.29, 1.82) is 0 Å². The van der Waals surface area contributed by atoms with Crippen molar-refractivity contribution in [3.63, 3.8) is 0 Å². The zero-order valence-electron chi connectivity index (χ0n) is 19.3. The topological polar surface area (TPSA) is 138 Å². The van der Waals surface area contributed by atoms with Gasteiger partial charge in [0.05, 0.1) is 32.9 Å². The fraction of sp³-hybridized carbons (Fsp3) is 0.348. The van der Waals surface area contributed by atoms with Crippen LogP contribution in [0.25, 0.3) is 11.1 Å². The first-order valence-electron chi connectivity index (χ1n) is 10.6. The SMILES string of the molecule is COc1ncc(-c2ccccc2CNC(=O)c2nc3n(c(=O)c2O)CCOC3(C)C)c(OC)n1. The van der Waals surface area contributed by atoms with E-state index in [2.05, 4.69) is 20.3 Å². The van der Waals surface area contributed by atoms with E-state index in [1.807, 2.05) is 24.3 Å². The zero-order valence-corrected chi connectivity index (χ0v) is 19.3. The predicted octanol–water partition coefficient (Wildman–Crippen LogP) is 1.62. The average Bonchev–Trinajstić information content (AvgIpc) is 2.84. The first kappa shape index (κ1) is 23.2. The van der Waals surface area contributed by atoms with E-state index in [1.165, 1.54) is 18.8 Å². The van der Waals surface area contributed by atoms with Crippen LogP contribution in [-0.4, -0.2) is 51.4 Å². The van der Waals surface area contributed by atoms with Crippen LogP contribution in [0.5, 0.6) is 17.6 Å². The number of carbonyl (C=O) groups excluding carboxylic acids is 1. The number of nitrogens with one attached hydrogen (secondary N) is 1. The van der Waals surface area contributed by atoms with E-state index in [0.29, 0.717) is 18.1 Å². The van der Waals surface area contributed by atoms with Crippen LogP contribution in [0.15, 0.2) is 35.3 Å². The second-order valence-electron chi connectivity index (χ2n) is 8.07. The van der Waals surface area contributed by atoms with Gasteiger partial charge in [-0.15, -0.1) is 0 Å². The Labute approximate surface area is 195 Å². The molecule has 2 N–H and O–H groups in total. The number of carbonyl (C=O) groups is 1. The van der Waals surface area contributed by atoms with E-state index in [-0.39, 0.29) is 30.6 Å². The van der Waals surface area contributed by atoms with E-state index >= 15 is 0 Å². The van der Waals surface area contributed by atoms with Crippen LogP contribution < -0.4 is 20.3 Å². The maximum absolute atomic E-state index is 13.0. The second-order valence-corrected chi connectivity index (χ2v) is 8.07. The smallest absolute Gasteiger partial charge is 0.319 e. The van der Waals surface area contributed by atoms with Crippen LogP contribution in [-0.2, 0) is 23.4 Å². The molecule has 0 unspecified atom stereocenters. The summed E-state index contributed by atoms with van der Waals surface area (Å²) in [6.45, 7) is 4.15. The van der Waals surface area contributed by atoms with Crippen LogP contribution >= 0.6 is 0 Å². The van der Waals surface area contributed by atoms with Gasteiger partial charge in [-0.1, -0.05) is 24.3 Å². The summed E-state index contributed by atoms with van der Waals surface area (Å²) in [6, 6.07) is 7.49. The van der Waals surface area contributed by atoms with Gasteiger partial charge in [0.1, 0.15) is 11.4 Å². The first-order chi connectivity index (χ1) is 16.3. The highest BCUT2D eigenvalue weighted by atomic mass is 16.5. The lowest BCUT2D eigenvalue weighted by atomic mass is 10.0. The van der Waals surface area contributed by atoms with Crippen molar-refractivity contribution in [1.82, 2.24) is 24.8 Å². The summed E-state index contributed by atoms with van der Waals surface area (Å²) in [5.74, 6) is -0.785. The van der Waals surface area contributed by atoms with E-state index < -0.39 is 22.8 Å². The number of amides is 1. The molecule has 34 heavy (non-hydrogen) atoms. The number of benzene rings is 1. The summed E-state index contributed by atoms with van der Waals surface area (Å²) < 4.78 is 17.5. The van der Waals surface area contributed by atoms with Gasteiger partial charge in [0.2, 0.25) is 11.6 Å². The third-order valence-corrected chi connectivity index (χ3v) is 5.53. The molecule has 11 nitrogen and oxygen atoms in total. The molecule has 178 valence electrons. The van der Waals surface area contributed by atoms with Gasteiger partial charge in [0, 0.05) is 12.7 Å². The summed E-state index contributed by atoms with van der Waals surface area (Å²) in [5.41, 5.74) is 0.183. The van der Waals surface area contributed by atoms with Crippen molar-refractivity contribution in [2.24, 2.45) is 0 Å². The van der Waals surface area contributed by atoms with Gasteiger partial charge in [-0.2, -0.15) is 4.98 Å². The minimum atomic E-state index is -0.877. The summed E-state index contributed by atoms with van der Waals surface area (Å²) in [4.78, 5) is 38.3. The van der Waals surface area contributed by atoms with Crippen LogP contribution in [0.2, 0.25) is 0 Å². The van der Waals surface area contributed by atoms with Crippen LogP contribution in [0.4, 0.5) is 0 Å². The number of fused-ring (bicyclic) bond motifs is 1. The highest BCUT2D eigenvalue weighted by molar-refractivity contribution is 5.94. The van der Waals surface area contributed by atoms with Crippen molar-refractivity contribution < 1.29 is 24.1 Å². The van der Waals surface area contributed by atoms with Crippen LogP contribution in [0.3, 0.4) is 0 Å². The maximum Gasteiger partial charge on any atom is 0.319 e. The van der Waals surface area contributed by atoms with Crippen molar-refractivity contribution in [2.45, 2.75) is 32.5 Å². The van der Waals surface area contributed by atoms with Crippen molar-refractivity contribution in [3.8, 4) is 28.8 Å². The number of methoxy groups -OCH3 is 2. The molecular weight excluding hydrogens is 442 g/mol. The minimum absolute atomic E-state index is 0.0869. The van der Waals surface area contributed by atoms with Gasteiger partial charge in [-0.25, -0.2) is 9.97 Å². The molecule has 0 saturated carbocycles. The van der Waals surface area contributed by atoms with E-state index in [4.69, 9.17) is 14.2 Å². The molecule has 4 rings (SSSR count). The number of nitrogens with zero attached hydrogens (tertiary/aromatic N) is 4. The molecule has 1 amide bonds. The molecule has 0 aliphatic carbocycles. The third kappa shape index (κ3) is 4.17. The lowest BCUT2D eigenvalue weighted by Crippen LogP contribution is -2.42. The fourth-order valence-corrected chi connectivity index (χ4v) is 3.81. The van der Waals surface area contributed by atoms with Gasteiger partial charge < -0.3 is 24.6 Å². The molecule has 1 aliphatic rings. The molecule has 1 aliphatic heterocycles. The number of hydrogen-bond acceptors (Lipinski definition) is 9. The Hall–Kier alpha value is -3.99. The molecule has 3 aromatic rings. The fourth-order valence-electron chi connectivity index (χ4n) is 3.81. The molecular formula is C23H25N5O6. The molecule has 0 fully saturated rings. The normalized spacial score (nSPS) is 14.2. The highest BCUT2D eigenvalue weighted by Crippen LogP contribution is 2.32. The molecule has 0 atom stereocenters. The van der Waals surface area contributed by atoms with Crippen molar-refractivity contribution >= 4 is 5.91 Å². The van der Waals surface area contributed by atoms with Crippen molar-refractivity contribution in [3.05, 3.63) is 57.9 Å². The van der Waals surface area contributed by atoms with E-state index in [1.54, 1.807) is 20.0 Å². The largest absolute Gasteiger partial charge is 0.501 e. The van der Waals surface area contributed by atoms with E-state index in [9.17, 15) is 14.7 Å². The van der Waals surface area contributed by atoms with Crippen LogP contribution in [0, 0.1) is 0 Å². The monoisotopic (exact) mass is 467 g/mol. The highest BCUT2D eigenvalue weighted by Gasteiger charge is 2.34. The Balaban J connectivity index is 1.64. The van der Waals surface area contributed by atoms with Gasteiger partial charge in [0.15, 0.2) is 5.69 Å². The predicted molar refractivity (Wildman–Crippen MR) is 121 cm³/mol. The van der Waals surface area contributed by atoms with Gasteiger partial charge >= 0.3 is 6.01 Å². The van der Waals surface area contributed by atoms with Gasteiger partial charge in [-0.3, -0.25) is 14.2 Å². The number of hydrogen-bond donors (Lipinski definition) is 2. The molecule has 0 bridgehead atoms. The number of aromatic nitrogens is 4. The van der Waals surface area contributed by atoms with Crippen LogP contribution in [0.1, 0.15) is 35.7 Å². The van der Waals surface area contributed by atoms with Crippen molar-refractivity contribution in [2.75, 3.05) is 20.8 Å². The van der Waals surface area contributed by atoms with Gasteiger partial charge in [-0.05, 0) is 25.0 Å². The van der Waals surface area contributed by atoms with Gasteiger partial charge in [0.25, 0.3) is 11.5 Å². The average molecular weight is 467 g/mol. The maximum atomic E-state index is 13.0. The first-order valence-corrected chi connectivity index (χ1v) is 10.6. The standard InChI is InChI=1S/C23H25N5O6/c1-23(2)21-26-16(17(29)20(31)28(21)9-10-34-23)18(30)24-11-13-7-5-6-8-14(13)15-12-25-22(33-4)27-19(15)32-3/h5-8,12,29H,9-11H2,1-4H3,(H,24,30). The zero-order chi connectivity index (χ0) is 24.5. The third-order valence-electron chi connectivity index (χ3n) is 5.53. The Morgan fingerprint density at radius 2 is 1.97 bits per heavy atom. The number of rotatable bonds is 6. The molecule has 0 saturated heterocycles. The Bertz CT molecular complexity index is 1300. The summed E-state index contributed by atoms with van der Waals surface area (Å²) in [7, 11) is 2.95. The molecule has 0 radical (unpaired) electrons. The molecule has 0 spiro atoms. The number of aromatic hydroxyl groups is 1. The molecule has 2 aromatic heterocycles. The second kappa shape index (κ2) is 9.10. The summed E-state index contributed by atoms with van der Waals surface area (Å²) in [6.07, 6.45) is 1.57. The lowest BCUT2D eigenvalue weighted by molar-refractivity contribution is -0.0566. The quantitative estimate of drug-likeness (QED) is 0.554. The summed E-state index contributed by atoms with van der Waals surface area (Å²) in [5, 5.41) is 13.1. The Kier molecular flexibility index (Phi) is 6.20. The minimum Gasteiger partial charge on any atom is -0.501 e. The summed E-state index contributed by atoms with van der Waals surface area (Å²) >= 11 is 0. The van der Waals surface area contributed by atoms with E-state index in [0.717, 1.165) is 11.1 Å². The number of ether oxygens (including phenoxy) is 3. The molecule has 11 heteroatoms. The molecule has 3 heterocycles. The molecule has 1 aromatic carbocycles. The Morgan fingerprint density at radius 3 is 2.71 bits per heavy atom. The Morgan fingerprint density at radius 1 is 1.21 bits per heavy atom.